The van der Waals surface area contributed by atoms with E-state index in [1.165, 1.54) is 12.1 Å². The van der Waals surface area contributed by atoms with E-state index in [9.17, 15) is 4.39 Å². The molecule has 0 aliphatic carbocycles. The molecule has 1 heterocycles. The van der Waals surface area contributed by atoms with Gasteiger partial charge in [0.05, 0.1) is 18.8 Å². The lowest BCUT2D eigenvalue weighted by Crippen LogP contribution is -2.36. The molecule has 23 heavy (non-hydrogen) atoms. The Labute approximate surface area is 152 Å². The van der Waals surface area contributed by atoms with Gasteiger partial charge in [-0.25, -0.2) is 14.4 Å². The van der Waals surface area contributed by atoms with E-state index in [0.29, 0.717) is 24.9 Å². The first-order valence-electron chi connectivity index (χ1n) is 7.28. The predicted molar refractivity (Wildman–Crippen MR) is 99.4 cm³/mol. The van der Waals surface area contributed by atoms with E-state index < -0.39 is 0 Å². The van der Waals surface area contributed by atoms with Gasteiger partial charge in [0.15, 0.2) is 5.96 Å². The molecule has 0 radical (unpaired) electrons. The second-order valence-corrected chi connectivity index (χ2v) is 4.92. The van der Waals surface area contributed by atoms with Crippen LogP contribution in [-0.4, -0.2) is 17.5 Å². The molecule has 0 spiro atoms. The molecule has 2 N–H and O–H groups in total. The first-order chi connectivity index (χ1) is 10.6. The highest BCUT2D eigenvalue weighted by atomic mass is 127. The molecule has 0 amide bonds. The average molecular weight is 432 g/mol. The van der Waals surface area contributed by atoms with Crippen LogP contribution in [0.4, 0.5) is 4.39 Å². The molecule has 1 aromatic heterocycles. The Morgan fingerprint density at radius 3 is 2.48 bits per heavy atom. The summed E-state index contributed by atoms with van der Waals surface area (Å²) in [7, 11) is 0. The monoisotopic (exact) mass is 432 g/mol. The lowest BCUT2D eigenvalue weighted by atomic mass is 10.2. The van der Waals surface area contributed by atoms with Crippen LogP contribution in [0.3, 0.4) is 0 Å². The fourth-order valence-corrected chi connectivity index (χ4v) is 1.88. The third-order valence-corrected chi connectivity index (χ3v) is 3.16. The highest BCUT2D eigenvalue weighted by Gasteiger charge is 2.06. The third-order valence-electron chi connectivity index (χ3n) is 3.16. The quantitative estimate of drug-likeness (QED) is 0.433. The zero-order valence-corrected chi connectivity index (χ0v) is 15.8. The number of oxazole rings is 1. The van der Waals surface area contributed by atoms with Gasteiger partial charge in [0.1, 0.15) is 11.6 Å². The zero-order valence-electron chi connectivity index (χ0n) is 13.5. The normalized spacial score (nSPS) is 11.0. The molecule has 2 aromatic rings. The lowest BCUT2D eigenvalue weighted by molar-refractivity contribution is 0.463. The smallest absolute Gasteiger partial charge is 0.214 e. The fraction of sp³-hybridized carbons (Fsp3) is 0.375. The summed E-state index contributed by atoms with van der Waals surface area (Å²) < 4.78 is 18.4. The summed E-state index contributed by atoms with van der Waals surface area (Å²) in [6, 6.07) is 6.32. The van der Waals surface area contributed by atoms with Gasteiger partial charge >= 0.3 is 0 Å². The Hall–Kier alpha value is -1.64. The summed E-state index contributed by atoms with van der Waals surface area (Å²) in [4.78, 5) is 8.78. The van der Waals surface area contributed by atoms with Crippen LogP contribution in [0.2, 0.25) is 0 Å². The molecule has 0 atom stereocenters. The van der Waals surface area contributed by atoms with Crippen LogP contribution < -0.4 is 10.6 Å². The summed E-state index contributed by atoms with van der Waals surface area (Å²) in [6.45, 7) is 7.48. The fourth-order valence-electron chi connectivity index (χ4n) is 1.88. The topological polar surface area (TPSA) is 62.5 Å². The van der Waals surface area contributed by atoms with Crippen molar-refractivity contribution in [2.75, 3.05) is 6.54 Å². The molecular weight excluding hydrogens is 410 g/mol. The molecule has 126 valence electrons. The maximum Gasteiger partial charge on any atom is 0.214 e. The second kappa shape index (κ2) is 9.49. The molecule has 0 saturated heterocycles. The second-order valence-electron chi connectivity index (χ2n) is 4.92. The number of guanidine groups is 1. The van der Waals surface area contributed by atoms with E-state index in [1.54, 1.807) is 12.1 Å². The number of aliphatic imine (C=N–C) groups is 1. The van der Waals surface area contributed by atoms with E-state index >= 15 is 0 Å². The van der Waals surface area contributed by atoms with Crippen molar-refractivity contribution < 1.29 is 8.81 Å². The summed E-state index contributed by atoms with van der Waals surface area (Å²) in [5, 5.41) is 6.32. The standard InChI is InChI=1S/C16H21FN4O.HI/c1-4-18-16(19-9-13-5-7-14(17)8-6-13)20-10-15-21-11(2)12(3)22-15;/h5-8H,4,9-10H2,1-3H3,(H2,18,19,20);1H. The predicted octanol–water partition coefficient (Wildman–Crippen LogP) is 3.30. The Morgan fingerprint density at radius 1 is 1.22 bits per heavy atom. The number of nitrogens with one attached hydrogen (secondary N) is 2. The van der Waals surface area contributed by atoms with E-state index in [4.69, 9.17) is 4.42 Å². The Bertz CT molecular complexity index is 621. The molecule has 0 aliphatic heterocycles. The van der Waals surface area contributed by atoms with Crippen LogP contribution in [0, 0.1) is 19.7 Å². The molecule has 0 unspecified atom stereocenters. The maximum atomic E-state index is 12.9. The minimum Gasteiger partial charge on any atom is -0.444 e. The minimum absolute atomic E-state index is 0. The van der Waals surface area contributed by atoms with Crippen molar-refractivity contribution >= 4 is 29.9 Å². The number of hydrogen-bond acceptors (Lipinski definition) is 3. The summed E-state index contributed by atoms with van der Waals surface area (Å²) in [5.41, 5.74) is 1.84. The van der Waals surface area contributed by atoms with Crippen molar-refractivity contribution in [3.05, 3.63) is 53.0 Å². The van der Waals surface area contributed by atoms with Crippen LogP contribution in [-0.2, 0) is 13.1 Å². The van der Waals surface area contributed by atoms with Crippen molar-refractivity contribution in [2.24, 2.45) is 4.99 Å². The minimum atomic E-state index is -0.243. The maximum absolute atomic E-state index is 12.9. The number of nitrogens with zero attached hydrogens (tertiary/aromatic N) is 2. The van der Waals surface area contributed by atoms with E-state index in [-0.39, 0.29) is 29.8 Å². The van der Waals surface area contributed by atoms with Gasteiger partial charge in [-0.1, -0.05) is 12.1 Å². The first-order valence-corrected chi connectivity index (χ1v) is 7.28. The van der Waals surface area contributed by atoms with Gasteiger partial charge in [0.2, 0.25) is 5.89 Å². The number of hydrogen-bond donors (Lipinski definition) is 2. The number of aryl methyl sites for hydroxylation is 2. The first kappa shape index (κ1) is 19.4. The molecule has 5 nitrogen and oxygen atoms in total. The number of rotatable bonds is 5. The number of halogens is 2. The van der Waals surface area contributed by atoms with E-state index in [2.05, 4.69) is 20.6 Å². The lowest BCUT2D eigenvalue weighted by Gasteiger charge is -2.09. The summed E-state index contributed by atoms with van der Waals surface area (Å²) in [5.74, 6) is 1.88. The summed E-state index contributed by atoms with van der Waals surface area (Å²) in [6.07, 6.45) is 0. The molecule has 0 fully saturated rings. The van der Waals surface area contributed by atoms with E-state index in [1.807, 2.05) is 20.8 Å². The molecular formula is C16H22FIN4O. The van der Waals surface area contributed by atoms with Crippen LogP contribution in [0.25, 0.3) is 0 Å². The molecule has 0 aliphatic rings. The van der Waals surface area contributed by atoms with E-state index in [0.717, 1.165) is 23.6 Å². The van der Waals surface area contributed by atoms with Gasteiger partial charge in [-0.2, -0.15) is 0 Å². The van der Waals surface area contributed by atoms with Gasteiger partial charge in [-0.05, 0) is 38.5 Å². The van der Waals surface area contributed by atoms with Crippen LogP contribution in [0.5, 0.6) is 0 Å². The average Bonchev–Trinajstić information content (AvgIpc) is 2.82. The van der Waals surface area contributed by atoms with Crippen molar-refractivity contribution in [1.82, 2.24) is 15.6 Å². The van der Waals surface area contributed by atoms with Crippen molar-refractivity contribution in [3.63, 3.8) is 0 Å². The van der Waals surface area contributed by atoms with Gasteiger partial charge in [-0.3, -0.25) is 0 Å². The molecule has 2 rings (SSSR count). The van der Waals surface area contributed by atoms with Crippen LogP contribution in [0.15, 0.2) is 33.7 Å². The SMILES string of the molecule is CCNC(=NCc1ccc(F)cc1)NCc1nc(C)c(C)o1.I. The van der Waals surface area contributed by atoms with Crippen molar-refractivity contribution in [1.29, 1.82) is 0 Å². The highest BCUT2D eigenvalue weighted by molar-refractivity contribution is 14.0. The highest BCUT2D eigenvalue weighted by Crippen LogP contribution is 2.08. The van der Waals surface area contributed by atoms with Gasteiger partial charge in [0.25, 0.3) is 0 Å². The Balaban J connectivity index is 0.00000264. The van der Waals surface area contributed by atoms with Crippen molar-refractivity contribution in [2.45, 2.75) is 33.9 Å². The summed E-state index contributed by atoms with van der Waals surface area (Å²) >= 11 is 0. The number of aromatic nitrogens is 1. The third kappa shape index (κ3) is 6.17. The molecule has 1 aromatic carbocycles. The molecule has 0 saturated carbocycles. The van der Waals surface area contributed by atoms with Crippen LogP contribution in [0.1, 0.15) is 29.8 Å². The van der Waals surface area contributed by atoms with Gasteiger partial charge in [-0.15, -0.1) is 24.0 Å². The Kier molecular flexibility index (Phi) is 8.01. The van der Waals surface area contributed by atoms with Crippen molar-refractivity contribution in [3.8, 4) is 0 Å². The molecule has 0 bridgehead atoms. The Morgan fingerprint density at radius 2 is 1.91 bits per heavy atom. The van der Waals surface area contributed by atoms with Crippen LogP contribution >= 0.6 is 24.0 Å². The molecule has 7 heteroatoms. The van der Waals surface area contributed by atoms with Gasteiger partial charge < -0.3 is 15.1 Å². The zero-order chi connectivity index (χ0) is 15.9. The van der Waals surface area contributed by atoms with Gasteiger partial charge in [0, 0.05) is 6.54 Å². The number of benzene rings is 1. The largest absolute Gasteiger partial charge is 0.444 e.